The Balaban J connectivity index is 1.18. The number of amides is 1. The summed E-state index contributed by atoms with van der Waals surface area (Å²) in [5.74, 6) is 0.0922. The molecule has 1 aromatic heterocycles. The van der Waals surface area contributed by atoms with Crippen LogP contribution in [0.5, 0.6) is 0 Å². The van der Waals surface area contributed by atoms with E-state index in [2.05, 4.69) is 25.6 Å². The van der Waals surface area contributed by atoms with Gasteiger partial charge in [-0.1, -0.05) is 0 Å². The zero-order chi connectivity index (χ0) is 24.3. The fourth-order valence-electron chi connectivity index (χ4n) is 4.19. The number of hydrogen-bond donors (Lipinski definition) is 1. The van der Waals surface area contributed by atoms with E-state index in [4.69, 9.17) is 4.74 Å². The van der Waals surface area contributed by atoms with Crippen molar-refractivity contribution in [2.75, 3.05) is 49.6 Å². The Morgan fingerprint density at radius 3 is 2.31 bits per heavy atom. The number of benzene rings is 2. The Labute approximate surface area is 203 Å². The molecule has 1 amide bonds. The lowest BCUT2D eigenvalue weighted by molar-refractivity contribution is -0.117. The molecule has 2 aromatic carbocycles. The maximum Gasteiger partial charge on any atom is 0.248 e. The summed E-state index contributed by atoms with van der Waals surface area (Å²) >= 11 is 0. The van der Waals surface area contributed by atoms with Crippen molar-refractivity contribution >= 4 is 27.3 Å². The number of hydrogen-bond acceptors (Lipinski definition) is 8. The molecule has 5 rings (SSSR count). The van der Waals surface area contributed by atoms with Crippen LogP contribution in [-0.4, -0.2) is 78.2 Å². The number of ether oxygens (including phenoxy) is 1. The monoisotopic (exact) mass is 497 g/mol. The van der Waals surface area contributed by atoms with Crippen molar-refractivity contribution in [2.24, 2.45) is 0 Å². The van der Waals surface area contributed by atoms with Crippen molar-refractivity contribution in [3.63, 3.8) is 0 Å². The normalized spacial score (nSPS) is 17.0. The molecule has 3 heterocycles. The van der Waals surface area contributed by atoms with Crippen LogP contribution in [0.4, 0.5) is 11.4 Å². The lowest BCUT2D eigenvalue weighted by atomic mass is 10.2. The summed E-state index contributed by atoms with van der Waals surface area (Å²) in [7, 11) is -3.49. The third-order valence-corrected chi connectivity index (χ3v) is 7.99. The van der Waals surface area contributed by atoms with E-state index in [9.17, 15) is 13.2 Å². The Bertz CT molecular complexity index is 1260. The molecule has 2 fully saturated rings. The maximum atomic E-state index is 12.6. The molecule has 35 heavy (non-hydrogen) atoms. The lowest BCUT2D eigenvalue weighted by Gasteiger charge is -2.28. The van der Waals surface area contributed by atoms with E-state index >= 15 is 0 Å². The van der Waals surface area contributed by atoms with E-state index in [-0.39, 0.29) is 17.3 Å². The molecule has 3 aromatic rings. The summed E-state index contributed by atoms with van der Waals surface area (Å²) in [5, 5.41) is 15.1. The molecule has 0 aliphatic carbocycles. The van der Waals surface area contributed by atoms with Gasteiger partial charge < -0.3 is 15.0 Å². The van der Waals surface area contributed by atoms with Gasteiger partial charge in [0.2, 0.25) is 21.8 Å². The Morgan fingerprint density at radius 2 is 1.63 bits per heavy atom. The van der Waals surface area contributed by atoms with Gasteiger partial charge in [-0.3, -0.25) is 4.79 Å². The number of morpholine rings is 1. The summed E-state index contributed by atoms with van der Waals surface area (Å²) < 4.78 is 32.1. The fourth-order valence-corrected chi connectivity index (χ4v) is 5.70. The molecule has 0 bridgehead atoms. The number of nitrogens with zero attached hydrogens (tertiary/aromatic N) is 6. The van der Waals surface area contributed by atoms with Gasteiger partial charge in [0.25, 0.3) is 0 Å². The van der Waals surface area contributed by atoms with Gasteiger partial charge in [-0.05, 0) is 66.6 Å². The van der Waals surface area contributed by atoms with Gasteiger partial charge in [-0.2, -0.15) is 9.10 Å². The molecule has 0 spiro atoms. The average molecular weight is 498 g/mol. The highest BCUT2D eigenvalue weighted by Gasteiger charge is 2.27. The average Bonchev–Trinajstić information content (AvgIpc) is 3.58. The molecule has 2 saturated heterocycles. The first-order valence-electron chi connectivity index (χ1n) is 11.6. The third-order valence-electron chi connectivity index (χ3n) is 6.08. The van der Waals surface area contributed by atoms with E-state index in [1.807, 2.05) is 24.3 Å². The second-order valence-corrected chi connectivity index (χ2v) is 10.4. The van der Waals surface area contributed by atoms with Crippen molar-refractivity contribution in [3.8, 4) is 11.4 Å². The van der Waals surface area contributed by atoms with E-state index in [1.165, 1.54) is 21.2 Å². The number of rotatable bonds is 7. The highest BCUT2D eigenvalue weighted by atomic mass is 32.2. The number of anilines is 2. The number of carbonyl (C=O) groups excluding carboxylic acids is 1. The summed E-state index contributed by atoms with van der Waals surface area (Å²) in [5.41, 5.74) is 2.42. The largest absolute Gasteiger partial charge is 0.378 e. The Kier molecular flexibility index (Phi) is 6.75. The van der Waals surface area contributed by atoms with Gasteiger partial charge in [0.15, 0.2) is 0 Å². The molecule has 11 nitrogen and oxygen atoms in total. The number of tetrazole rings is 1. The molecule has 2 aliphatic heterocycles. The minimum atomic E-state index is -3.49. The van der Waals surface area contributed by atoms with E-state index in [1.54, 1.807) is 12.1 Å². The van der Waals surface area contributed by atoms with Crippen LogP contribution in [0.25, 0.3) is 11.4 Å². The van der Waals surface area contributed by atoms with Crippen molar-refractivity contribution < 1.29 is 17.9 Å². The van der Waals surface area contributed by atoms with Crippen molar-refractivity contribution in [3.05, 3.63) is 48.5 Å². The highest BCUT2D eigenvalue weighted by molar-refractivity contribution is 7.89. The minimum absolute atomic E-state index is 0.118. The SMILES string of the molecule is O=C(Cn1nnc(-c2ccc(N3CCOCC3)cc2)n1)Nc1ccc(S(=O)(=O)N2CCCC2)cc1. The molecular formula is C23H27N7O4S. The summed E-state index contributed by atoms with van der Waals surface area (Å²) in [6, 6.07) is 14.1. The first-order valence-corrected chi connectivity index (χ1v) is 13.0. The van der Waals surface area contributed by atoms with Crippen LogP contribution < -0.4 is 10.2 Å². The number of sulfonamides is 1. The molecule has 0 radical (unpaired) electrons. The van der Waals surface area contributed by atoms with E-state index in [0.717, 1.165) is 50.4 Å². The van der Waals surface area contributed by atoms with Gasteiger partial charge in [0, 0.05) is 43.1 Å². The molecular weight excluding hydrogens is 470 g/mol. The van der Waals surface area contributed by atoms with Crippen LogP contribution in [0.15, 0.2) is 53.4 Å². The smallest absolute Gasteiger partial charge is 0.248 e. The van der Waals surface area contributed by atoms with Crippen LogP contribution in [-0.2, 0) is 26.1 Å². The molecule has 0 unspecified atom stereocenters. The first kappa shape index (κ1) is 23.4. The Morgan fingerprint density at radius 1 is 0.943 bits per heavy atom. The van der Waals surface area contributed by atoms with Crippen LogP contribution in [0, 0.1) is 0 Å². The van der Waals surface area contributed by atoms with E-state index < -0.39 is 10.0 Å². The maximum absolute atomic E-state index is 12.6. The molecule has 0 atom stereocenters. The zero-order valence-corrected chi connectivity index (χ0v) is 20.0. The predicted octanol–water partition coefficient (Wildman–Crippen LogP) is 1.60. The van der Waals surface area contributed by atoms with Gasteiger partial charge in [0.1, 0.15) is 6.54 Å². The molecule has 184 valence electrons. The quantitative estimate of drug-likeness (QED) is 0.522. The third kappa shape index (κ3) is 5.34. The zero-order valence-electron chi connectivity index (χ0n) is 19.2. The van der Waals surface area contributed by atoms with Crippen LogP contribution in [0.1, 0.15) is 12.8 Å². The van der Waals surface area contributed by atoms with Crippen molar-refractivity contribution in [1.82, 2.24) is 24.5 Å². The lowest BCUT2D eigenvalue weighted by Crippen LogP contribution is -2.36. The van der Waals surface area contributed by atoms with E-state index in [0.29, 0.717) is 24.6 Å². The molecule has 12 heteroatoms. The summed E-state index contributed by atoms with van der Waals surface area (Å²) in [4.78, 5) is 16.2. The molecule has 1 N–H and O–H groups in total. The fraction of sp³-hybridized carbons (Fsp3) is 0.391. The predicted molar refractivity (Wildman–Crippen MR) is 129 cm³/mol. The number of aromatic nitrogens is 4. The van der Waals surface area contributed by atoms with Gasteiger partial charge in [-0.15, -0.1) is 10.2 Å². The molecule has 0 saturated carbocycles. The number of nitrogens with one attached hydrogen (secondary N) is 1. The topological polar surface area (TPSA) is 123 Å². The first-order chi connectivity index (χ1) is 17.0. The van der Waals surface area contributed by atoms with Crippen LogP contribution in [0.3, 0.4) is 0 Å². The molecule has 2 aliphatic rings. The van der Waals surface area contributed by atoms with Crippen molar-refractivity contribution in [1.29, 1.82) is 0 Å². The number of carbonyl (C=O) groups is 1. The highest BCUT2D eigenvalue weighted by Crippen LogP contribution is 2.23. The van der Waals surface area contributed by atoms with Crippen LogP contribution in [0.2, 0.25) is 0 Å². The van der Waals surface area contributed by atoms with Gasteiger partial charge in [0.05, 0.1) is 18.1 Å². The van der Waals surface area contributed by atoms with Crippen molar-refractivity contribution in [2.45, 2.75) is 24.3 Å². The van der Waals surface area contributed by atoms with Crippen LogP contribution >= 0.6 is 0 Å². The Hall–Kier alpha value is -3.35. The second-order valence-electron chi connectivity index (χ2n) is 8.47. The summed E-state index contributed by atoms with van der Waals surface area (Å²) in [6.45, 7) is 4.15. The minimum Gasteiger partial charge on any atom is -0.378 e. The van der Waals surface area contributed by atoms with Gasteiger partial charge in [-0.25, -0.2) is 8.42 Å². The van der Waals surface area contributed by atoms with Gasteiger partial charge >= 0.3 is 0 Å². The summed E-state index contributed by atoms with van der Waals surface area (Å²) in [6.07, 6.45) is 1.76. The standard InChI is InChI=1S/C23H27N7O4S/c31-22(24-19-5-9-21(10-6-19)35(32,33)29-11-1-2-12-29)17-30-26-23(25-27-30)18-3-7-20(8-4-18)28-13-15-34-16-14-28/h3-10H,1-2,11-17H2,(H,24,31). The second kappa shape index (κ2) is 10.1.